The molecule has 0 saturated heterocycles. The Hall–Kier alpha value is -2.10. The van der Waals surface area contributed by atoms with E-state index in [9.17, 15) is 9.18 Å². The fourth-order valence-electron chi connectivity index (χ4n) is 4.70. The van der Waals surface area contributed by atoms with Gasteiger partial charge in [-0.1, -0.05) is 51.2 Å². The minimum atomic E-state index is -0.393. The molecule has 0 aliphatic heterocycles. The highest BCUT2D eigenvalue weighted by Gasteiger charge is 2.26. The van der Waals surface area contributed by atoms with Crippen LogP contribution in [0.15, 0.2) is 24.3 Å². The number of hydrogen-bond acceptors (Lipinski definition) is 1. The summed E-state index contributed by atoms with van der Waals surface area (Å²) < 4.78 is 15.9. The summed E-state index contributed by atoms with van der Waals surface area (Å²) in [6.07, 6.45) is 10.7. The molecule has 2 aromatic rings. The summed E-state index contributed by atoms with van der Waals surface area (Å²) in [4.78, 5) is 12.4. The minimum Gasteiger partial charge on any atom is -0.366 e. The van der Waals surface area contributed by atoms with Crippen LogP contribution in [0.3, 0.4) is 0 Å². The molecule has 152 valence electrons. The summed E-state index contributed by atoms with van der Waals surface area (Å²) in [5.74, 6) is -0.00204. The van der Waals surface area contributed by atoms with Crippen molar-refractivity contribution in [1.82, 2.24) is 4.57 Å². The highest BCUT2D eigenvalue weighted by molar-refractivity contribution is 6.02. The van der Waals surface area contributed by atoms with Gasteiger partial charge in [-0.2, -0.15) is 0 Å². The van der Waals surface area contributed by atoms with Crippen LogP contribution >= 0.6 is 0 Å². The molecule has 0 spiro atoms. The standard InChI is InChI=1S/C24H33FN2O/c1-3-4-6-11-21-23(19-12-14-20(25)15-13-19)22(24(26)28)17(2)27(21)16-18-9-7-5-8-10-18/h12-15,18H,3-11,16H2,1-2H3,(H2,26,28). The fraction of sp³-hybridized carbons (Fsp3) is 0.542. The molecule has 4 heteroatoms. The van der Waals surface area contributed by atoms with Crippen molar-refractivity contribution in [3.8, 4) is 11.1 Å². The van der Waals surface area contributed by atoms with E-state index in [0.29, 0.717) is 11.5 Å². The van der Waals surface area contributed by atoms with Crippen LogP contribution in [0.5, 0.6) is 0 Å². The topological polar surface area (TPSA) is 48.0 Å². The van der Waals surface area contributed by atoms with E-state index in [4.69, 9.17) is 5.73 Å². The van der Waals surface area contributed by atoms with Crippen molar-refractivity contribution in [1.29, 1.82) is 0 Å². The van der Waals surface area contributed by atoms with Crippen LogP contribution in [0.1, 0.15) is 80.0 Å². The van der Waals surface area contributed by atoms with E-state index >= 15 is 0 Å². The van der Waals surface area contributed by atoms with Crippen molar-refractivity contribution in [2.45, 2.75) is 78.2 Å². The Bertz CT molecular complexity index is 801. The Morgan fingerprint density at radius 3 is 2.43 bits per heavy atom. The third kappa shape index (κ3) is 4.48. The molecular formula is C24H33FN2O. The lowest BCUT2D eigenvalue weighted by Gasteiger charge is -2.24. The molecule has 0 radical (unpaired) electrons. The summed E-state index contributed by atoms with van der Waals surface area (Å²) in [7, 11) is 0. The summed E-state index contributed by atoms with van der Waals surface area (Å²) in [6, 6.07) is 6.46. The van der Waals surface area contributed by atoms with E-state index in [1.54, 1.807) is 12.1 Å². The van der Waals surface area contributed by atoms with Crippen LogP contribution in [-0.4, -0.2) is 10.5 Å². The zero-order chi connectivity index (χ0) is 20.1. The van der Waals surface area contributed by atoms with E-state index < -0.39 is 5.91 Å². The second kappa shape index (κ2) is 9.40. The lowest BCUT2D eigenvalue weighted by molar-refractivity contribution is 0.1000. The van der Waals surface area contributed by atoms with Crippen molar-refractivity contribution < 1.29 is 9.18 Å². The maximum atomic E-state index is 13.5. The fourth-order valence-corrected chi connectivity index (χ4v) is 4.70. The third-order valence-corrected chi connectivity index (χ3v) is 6.19. The first kappa shape index (κ1) is 20.6. The van der Waals surface area contributed by atoms with Gasteiger partial charge in [-0.3, -0.25) is 4.79 Å². The third-order valence-electron chi connectivity index (χ3n) is 6.19. The Kier molecular flexibility index (Phi) is 6.93. The van der Waals surface area contributed by atoms with Gasteiger partial charge in [0.1, 0.15) is 5.82 Å². The van der Waals surface area contributed by atoms with Crippen molar-refractivity contribution in [3.05, 3.63) is 47.0 Å². The lowest BCUT2D eigenvalue weighted by atomic mass is 9.89. The first-order chi connectivity index (χ1) is 13.5. The molecule has 1 heterocycles. The van der Waals surface area contributed by atoms with Crippen LogP contribution in [0.25, 0.3) is 11.1 Å². The molecule has 0 unspecified atom stereocenters. The summed E-state index contributed by atoms with van der Waals surface area (Å²) >= 11 is 0. The van der Waals surface area contributed by atoms with Crippen LogP contribution in [0.2, 0.25) is 0 Å². The molecule has 2 N–H and O–H groups in total. The van der Waals surface area contributed by atoms with Gasteiger partial charge in [-0.15, -0.1) is 0 Å². The largest absolute Gasteiger partial charge is 0.366 e. The van der Waals surface area contributed by atoms with Crippen LogP contribution in [-0.2, 0) is 13.0 Å². The van der Waals surface area contributed by atoms with Gasteiger partial charge in [0.15, 0.2) is 0 Å². The molecule has 1 amide bonds. The number of primary amides is 1. The number of carbonyl (C=O) groups is 1. The summed E-state index contributed by atoms with van der Waals surface area (Å²) in [5, 5.41) is 0. The van der Waals surface area contributed by atoms with E-state index in [1.807, 2.05) is 6.92 Å². The number of hydrogen-bond donors (Lipinski definition) is 1. The molecular weight excluding hydrogens is 351 g/mol. The first-order valence-corrected chi connectivity index (χ1v) is 10.8. The van der Waals surface area contributed by atoms with Crippen LogP contribution < -0.4 is 5.73 Å². The number of carbonyl (C=O) groups excluding carboxylic acids is 1. The van der Waals surface area contributed by atoms with Crippen molar-refractivity contribution in [2.75, 3.05) is 0 Å². The Balaban J connectivity index is 2.09. The quantitative estimate of drug-likeness (QED) is 0.556. The van der Waals surface area contributed by atoms with Crippen LogP contribution in [0, 0.1) is 18.7 Å². The van der Waals surface area contributed by atoms with Gasteiger partial charge in [0.2, 0.25) is 0 Å². The molecule has 1 fully saturated rings. The first-order valence-electron chi connectivity index (χ1n) is 10.8. The number of nitrogens with two attached hydrogens (primary N) is 1. The number of benzene rings is 1. The predicted molar refractivity (Wildman–Crippen MR) is 113 cm³/mol. The van der Waals surface area contributed by atoms with Crippen molar-refractivity contribution >= 4 is 5.91 Å². The molecule has 3 rings (SSSR count). The van der Waals surface area contributed by atoms with Crippen molar-refractivity contribution in [3.63, 3.8) is 0 Å². The molecule has 1 aromatic carbocycles. The normalized spacial score (nSPS) is 15.1. The molecule has 0 bridgehead atoms. The smallest absolute Gasteiger partial charge is 0.251 e. The van der Waals surface area contributed by atoms with Gasteiger partial charge in [-0.25, -0.2) is 4.39 Å². The molecule has 0 atom stereocenters. The second-order valence-corrected chi connectivity index (χ2v) is 8.22. The second-order valence-electron chi connectivity index (χ2n) is 8.22. The van der Waals surface area contributed by atoms with Gasteiger partial charge in [0, 0.05) is 23.5 Å². The number of rotatable bonds is 8. The Labute approximate surface area is 168 Å². The SMILES string of the molecule is CCCCCc1c(-c2ccc(F)cc2)c(C(N)=O)c(C)n1CC1CCCCC1. The maximum absolute atomic E-state index is 13.5. The van der Waals surface area contributed by atoms with Gasteiger partial charge in [0.25, 0.3) is 5.91 Å². The molecule has 1 aliphatic rings. The molecule has 1 aliphatic carbocycles. The Morgan fingerprint density at radius 2 is 1.82 bits per heavy atom. The zero-order valence-electron chi connectivity index (χ0n) is 17.3. The Morgan fingerprint density at radius 1 is 1.14 bits per heavy atom. The highest BCUT2D eigenvalue weighted by atomic mass is 19.1. The van der Waals surface area contributed by atoms with Gasteiger partial charge < -0.3 is 10.3 Å². The predicted octanol–water partition coefficient (Wildman–Crippen LogP) is 6.01. The number of halogens is 1. The number of amides is 1. The summed E-state index contributed by atoms with van der Waals surface area (Å²) in [6.45, 7) is 5.16. The average Bonchev–Trinajstić information content (AvgIpc) is 2.96. The van der Waals surface area contributed by atoms with E-state index in [-0.39, 0.29) is 5.82 Å². The minimum absolute atomic E-state index is 0.268. The van der Waals surface area contributed by atoms with Gasteiger partial charge in [-0.05, 0) is 56.2 Å². The van der Waals surface area contributed by atoms with Crippen LogP contribution in [0.4, 0.5) is 4.39 Å². The van der Waals surface area contributed by atoms with E-state index in [2.05, 4.69) is 11.5 Å². The van der Waals surface area contributed by atoms with Gasteiger partial charge >= 0.3 is 0 Å². The zero-order valence-corrected chi connectivity index (χ0v) is 17.3. The molecule has 1 saturated carbocycles. The number of unbranched alkanes of at least 4 members (excludes halogenated alkanes) is 2. The summed E-state index contributed by atoms with van der Waals surface area (Å²) in [5.41, 5.74) is 10.4. The van der Waals surface area contributed by atoms with E-state index in [1.165, 1.54) is 49.9 Å². The monoisotopic (exact) mass is 384 g/mol. The van der Waals surface area contributed by atoms with Gasteiger partial charge in [0.05, 0.1) is 5.56 Å². The molecule has 3 nitrogen and oxygen atoms in total. The van der Waals surface area contributed by atoms with E-state index in [0.717, 1.165) is 49.0 Å². The average molecular weight is 385 g/mol. The van der Waals surface area contributed by atoms with Crippen molar-refractivity contribution in [2.24, 2.45) is 11.7 Å². The maximum Gasteiger partial charge on any atom is 0.251 e. The number of aromatic nitrogens is 1. The molecule has 1 aromatic heterocycles. The lowest BCUT2D eigenvalue weighted by Crippen LogP contribution is -2.18. The number of nitrogens with zero attached hydrogens (tertiary/aromatic N) is 1. The highest BCUT2D eigenvalue weighted by Crippen LogP contribution is 2.36. The molecule has 28 heavy (non-hydrogen) atoms.